The first-order valence-corrected chi connectivity index (χ1v) is 8.97. The molecule has 134 valence electrons. The fourth-order valence-corrected chi connectivity index (χ4v) is 3.18. The van der Waals surface area contributed by atoms with Gasteiger partial charge in [0, 0.05) is 11.3 Å². The van der Waals surface area contributed by atoms with E-state index in [9.17, 15) is 4.79 Å². The van der Waals surface area contributed by atoms with Crippen LogP contribution in [0.4, 0.5) is 0 Å². The number of thioether (sulfide) groups is 1. The number of benzene rings is 2. The first kappa shape index (κ1) is 18.0. The second kappa shape index (κ2) is 8.05. The van der Waals surface area contributed by atoms with Crippen LogP contribution in [0.5, 0.6) is 5.75 Å². The average Bonchev–Trinajstić information content (AvgIpc) is 3.10. The lowest BCUT2D eigenvalue weighted by Crippen LogP contribution is -2.05. The minimum atomic E-state index is -0.306. The van der Waals surface area contributed by atoms with Crippen LogP contribution in [0.25, 0.3) is 17.1 Å². The number of carbonyl (C=O) groups is 1. The molecule has 0 saturated carbocycles. The van der Waals surface area contributed by atoms with E-state index in [1.165, 1.54) is 18.9 Å². The van der Waals surface area contributed by atoms with Crippen LogP contribution in [0.3, 0.4) is 0 Å². The highest BCUT2D eigenvalue weighted by Crippen LogP contribution is 2.29. The van der Waals surface area contributed by atoms with Crippen LogP contribution in [-0.2, 0) is 9.53 Å². The number of carbonyl (C=O) groups excluding carboxylic acids is 1. The molecule has 0 aliphatic heterocycles. The third-order valence-electron chi connectivity index (χ3n) is 3.82. The Kier molecular flexibility index (Phi) is 5.58. The second-order valence-electron chi connectivity index (χ2n) is 5.57. The minimum absolute atomic E-state index is 0.170. The Labute approximate surface area is 156 Å². The van der Waals surface area contributed by atoms with Crippen LogP contribution in [0.1, 0.15) is 5.56 Å². The molecule has 0 aliphatic rings. The highest BCUT2D eigenvalue weighted by Gasteiger charge is 2.17. The molecule has 2 aromatic carbocycles. The summed E-state index contributed by atoms with van der Waals surface area (Å²) < 4.78 is 11.9. The van der Waals surface area contributed by atoms with Crippen molar-refractivity contribution < 1.29 is 14.3 Å². The van der Waals surface area contributed by atoms with Gasteiger partial charge in [-0.2, -0.15) is 0 Å². The van der Waals surface area contributed by atoms with E-state index in [0.29, 0.717) is 11.0 Å². The largest absolute Gasteiger partial charge is 0.497 e. The van der Waals surface area contributed by atoms with Gasteiger partial charge in [0.2, 0.25) is 0 Å². The van der Waals surface area contributed by atoms with E-state index in [1.807, 2.05) is 60.0 Å². The van der Waals surface area contributed by atoms with Crippen LogP contribution in [0.2, 0.25) is 0 Å². The maximum Gasteiger partial charge on any atom is 0.316 e. The molecular formula is C19H19N3O3S. The monoisotopic (exact) mass is 369 g/mol. The molecule has 1 heterocycles. The van der Waals surface area contributed by atoms with Crippen LogP contribution in [0, 0.1) is 6.92 Å². The quantitative estimate of drug-likeness (QED) is 0.489. The van der Waals surface area contributed by atoms with Gasteiger partial charge in [-0.1, -0.05) is 29.5 Å². The molecule has 0 saturated heterocycles. The van der Waals surface area contributed by atoms with Gasteiger partial charge in [-0.25, -0.2) is 0 Å². The van der Waals surface area contributed by atoms with Gasteiger partial charge in [-0.3, -0.25) is 9.36 Å². The van der Waals surface area contributed by atoms with Gasteiger partial charge >= 0.3 is 5.97 Å². The van der Waals surface area contributed by atoms with Gasteiger partial charge in [0.05, 0.1) is 20.0 Å². The zero-order valence-electron chi connectivity index (χ0n) is 14.8. The predicted octanol–water partition coefficient (Wildman–Crippen LogP) is 3.52. The zero-order valence-corrected chi connectivity index (χ0v) is 15.6. The summed E-state index contributed by atoms with van der Waals surface area (Å²) in [4.78, 5) is 11.5. The van der Waals surface area contributed by atoms with E-state index in [2.05, 4.69) is 10.2 Å². The summed E-state index contributed by atoms with van der Waals surface area (Å²) in [5, 5.41) is 9.25. The maximum atomic E-state index is 11.5. The molecule has 3 rings (SSSR count). The van der Waals surface area contributed by atoms with Crippen molar-refractivity contribution in [3.8, 4) is 22.8 Å². The number of nitrogens with zero attached hydrogens (tertiary/aromatic N) is 3. The van der Waals surface area contributed by atoms with E-state index in [0.717, 1.165) is 22.6 Å². The van der Waals surface area contributed by atoms with Crippen molar-refractivity contribution in [1.29, 1.82) is 0 Å². The summed E-state index contributed by atoms with van der Waals surface area (Å²) in [5.74, 6) is 1.34. The number of ether oxygens (including phenoxy) is 2. The highest BCUT2D eigenvalue weighted by atomic mass is 32.2. The first-order valence-electron chi connectivity index (χ1n) is 7.99. The summed E-state index contributed by atoms with van der Waals surface area (Å²) in [6.07, 6.45) is 0. The summed E-state index contributed by atoms with van der Waals surface area (Å²) in [5.41, 5.74) is 3.00. The topological polar surface area (TPSA) is 66.2 Å². The van der Waals surface area contributed by atoms with Gasteiger partial charge < -0.3 is 9.47 Å². The summed E-state index contributed by atoms with van der Waals surface area (Å²) in [7, 11) is 3.00. The Balaban J connectivity index is 2.04. The summed E-state index contributed by atoms with van der Waals surface area (Å²) in [6, 6.07) is 15.7. The van der Waals surface area contributed by atoms with Gasteiger partial charge in [-0.15, -0.1) is 10.2 Å². The number of aromatic nitrogens is 3. The average molecular weight is 369 g/mol. The molecule has 0 atom stereocenters. The zero-order chi connectivity index (χ0) is 18.5. The highest BCUT2D eigenvalue weighted by molar-refractivity contribution is 7.99. The first-order chi connectivity index (χ1) is 12.6. The van der Waals surface area contributed by atoms with Crippen molar-refractivity contribution in [1.82, 2.24) is 14.8 Å². The number of esters is 1. The Morgan fingerprint density at radius 3 is 2.35 bits per heavy atom. The molecule has 0 aliphatic carbocycles. The van der Waals surface area contributed by atoms with Gasteiger partial charge in [0.15, 0.2) is 11.0 Å². The van der Waals surface area contributed by atoms with Crippen LogP contribution >= 0.6 is 11.8 Å². The molecule has 3 aromatic rings. The number of aryl methyl sites for hydroxylation is 1. The van der Waals surface area contributed by atoms with Crippen LogP contribution < -0.4 is 4.74 Å². The smallest absolute Gasteiger partial charge is 0.316 e. The second-order valence-corrected chi connectivity index (χ2v) is 6.51. The molecule has 0 spiro atoms. The van der Waals surface area contributed by atoms with E-state index in [1.54, 1.807) is 7.11 Å². The Hall–Kier alpha value is -2.80. The van der Waals surface area contributed by atoms with E-state index in [-0.39, 0.29) is 11.7 Å². The summed E-state index contributed by atoms with van der Waals surface area (Å²) >= 11 is 1.29. The lowest BCUT2D eigenvalue weighted by atomic mass is 10.2. The normalized spacial score (nSPS) is 10.6. The van der Waals surface area contributed by atoms with Crippen LogP contribution in [-0.4, -0.2) is 40.7 Å². The van der Waals surface area contributed by atoms with Gasteiger partial charge in [0.1, 0.15) is 5.75 Å². The standard InChI is InChI=1S/C19H19N3O3S/c1-13-4-8-15(9-5-13)22-18(14-6-10-16(24-2)11-7-14)20-21-19(22)26-12-17(23)25-3/h4-11H,12H2,1-3H3. The minimum Gasteiger partial charge on any atom is -0.497 e. The SMILES string of the molecule is COC(=O)CSc1nnc(-c2ccc(OC)cc2)n1-c1ccc(C)cc1. The summed E-state index contributed by atoms with van der Waals surface area (Å²) in [6.45, 7) is 2.03. The van der Waals surface area contributed by atoms with E-state index < -0.39 is 0 Å². The van der Waals surface area contributed by atoms with Gasteiger partial charge in [0.25, 0.3) is 0 Å². The molecule has 0 unspecified atom stereocenters. The molecule has 0 fully saturated rings. The molecular weight excluding hydrogens is 350 g/mol. The number of hydrogen-bond donors (Lipinski definition) is 0. The van der Waals surface area contributed by atoms with Crippen molar-refractivity contribution in [3.05, 3.63) is 54.1 Å². The molecule has 26 heavy (non-hydrogen) atoms. The van der Waals surface area contributed by atoms with Crippen molar-refractivity contribution in [2.45, 2.75) is 12.1 Å². The molecule has 0 radical (unpaired) electrons. The molecule has 0 N–H and O–H groups in total. The Morgan fingerprint density at radius 1 is 1.04 bits per heavy atom. The van der Waals surface area contributed by atoms with E-state index >= 15 is 0 Å². The molecule has 0 amide bonds. The molecule has 1 aromatic heterocycles. The lowest BCUT2D eigenvalue weighted by molar-refractivity contribution is -0.137. The molecule has 7 heteroatoms. The Bertz CT molecular complexity index is 889. The maximum absolute atomic E-state index is 11.5. The third kappa shape index (κ3) is 3.88. The lowest BCUT2D eigenvalue weighted by Gasteiger charge is -2.11. The fraction of sp³-hybridized carbons (Fsp3) is 0.211. The van der Waals surface area contributed by atoms with Crippen molar-refractivity contribution >= 4 is 17.7 Å². The number of methoxy groups -OCH3 is 2. The fourth-order valence-electron chi connectivity index (χ4n) is 2.40. The predicted molar refractivity (Wildman–Crippen MR) is 101 cm³/mol. The van der Waals surface area contributed by atoms with Gasteiger partial charge in [-0.05, 0) is 43.3 Å². The molecule has 6 nitrogen and oxygen atoms in total. The Morgan fingerprint density at radius 2 is 1.73 bits per heavy atom. The van der Waals surface area contributed by atoms with E-state index in [4.69, 9.17) is 9.47 Å². The van der Waals surface area contributed by atoms with Crippen molar-refractivity contribution in [2.24, 2.45) is 0 Å². The molecule has 0 bridgehead atoms. The van der Waals surface area contributed by atoms with Crippen LogP contribution in [0.15, 0.2) is 53.7 Å². The van der Waals surface area contributed by atoms with Crippen molar-refractivity contribution in [3.63, 3.8) is 0 Å². The third-order valence-corrected chi connectivity index (χ3v) is 4.72. The van der Waals surface area contributed by atoms with Crippen molar-refractivity contribution in [2.75, 3.05) is 20.0 Å². The number of hydrogen-bond acceptors (Lipinski definition) is 6. The number of rotatable bonds is 6.